The summed E-state index contributed by atoms with van der Waals surface area (Å²) in [4.78, 5) is 0.679. The van der Waals surface area contributed by atoms with Gasteiger partial charge in [0.1, 0.15) is 23.1 Å². The second-order valence-electron chi connectivity index (χ2n) is 6.10. The van der Waals surface area contributed by atoms with E-state index in [1.54, 1.807) is 19.2 Å². The summed E-state index contributed by atoms with van der Waals surface area (Å²) in [6.45, 7) is 1.04. The maximum absolute atomic E-state index is 6.03. The first-order chi connectivity index (χ1) is 13.5. The smallest absolute Gasteiger partial charge is 0.119 e. The summed E-state index contributed by atoms with van der Waals surface area (Å²) in [5.41, 5.74) is 2.98. The molecule has 3 rings (SSSR count). The van der Waals surface area contributed by atoms with E-state index >= 15 is 0 Å². The average Bonchev–Trinajstić information content (AvgIpc) is 2.73. The second-order valence-corrected chi connectivity index (χ2v) is 7.32. The summed E-state index contributed by atoms with van der Waals surface area (Å²) in [7, 11) is 1.66. The first-order valence-electron chi connectivity index (χ1n) is 8.63. The van der Waals surface area contributed by atoms with Crippen LogP contribution in [0.5, 0.6) is 11.5 Å². The van der Waals surface area contributed by atoms with E-state index in [2.05, 4.69) is 5.32 Å². The van der Waals surface area contributed by atoms with E-state index in [9.17, 15) is 0 Å². The van der Waals surface area contributed by atoms with Gasteiger partial charge in [-0.2, -0.15) is 0 Å². The predicted molar refractivity (Wildman–Crippen MR) is 119 cm³/mol. The van der Waals surface area contributed by atoms with Crippen molar-refractivity contribution in [1.82, 2.24) is 5.32 Å². The highest BCUT2D eigenvalue weighted by Gasteiger charge is 2.04. The van der Waals surface area contributed by atoms with E-state index < -0.39 is 0 Å². The topological polar surface area (TPSA) is 30.5 Å². The molecule has 0 amide bonds. The Balaban J connectivity index is 1.54. The Kier molecular flexibility index (Phi) is 7.15. The summed E-state index contributed by atoms with van der Waals surface area (Å²) in [5.74, 6) is 1.58. The molecule has 0 fully saturated rings. The summed E-state index contributed by atoms with van der Waals surface area (Å²) in [5, 5.41) is 4.31. The Morgan fingerprint density at radius 2 is 1.68 bits per heavy atom. The third-order valence-electron chi connectivity index (χ3n) is 4.09. The molecule has 3 aromatic rings. The number of rotatable bonds is 7. The van der Waals surface area contributed by atoms with E-state index in [1.165, 1.54) is 0 Å². The van der Waals surface area contributed by atoms with Gasteiger partial charge in [0.25, 0.3) is 0 Å². The van der Waals surface area contributed by atoms with E-state index in [-0.39, 0.29) is 0 Å². The third kappa shape index (κ3) is 5.61. The normalized spacial score (nSPS) is 10.4. The molecule has 1 N–H and O–H groups in total. The van der Waals surface area contributed by atoms with E-state index in [1.807, 2.05) is 54.6 Å². The molecule has 0 spiro atoms. The maximum Gasteiger partial charge on any atom is 0.119 e. The summed E-state index contributed by atoms with van der Waals surface area (Å²) < 4.78 is 11.0. The zero-order valence-electron chi connectivity index (χ0n) is 15.2. The van der Waals surface area contributed by atoms with Crippen LogP contribution in [-0.2, 0) is 13.2 Å². The number of benzene rings is 3. The van der Waals surface area contributed by atoms with Gasteiger partial charge < -0.3 is 14.8 Å². The van der Waals surface area contributed by atoms with Crippen molar-refractivity contribution in [2.45, 2.75) is 13.2 Å². The Bertz CT molecular complexity index is 961. The molecule has 0 aromatic heterocycles. The van der Waals surface area contributed by atoms with Crippen LogP contribution in [0.2, 0.25) is 10.0 Å². The number of hydrogen-bond acceptors (Lipinski definition) is 3. The van der Waals surface area contributed by atoms with Crippen molar-refractivity contribution in [3.05, 3.63) is 93.5 Å². The lowest BCUT2D eigenvalue weighted by atomic mass is 10.2. The Morgan fingerprint density at radius 1 is 0.893 bits per heavy atom. The fourth-order valence-corrected chi connectivity index (χ4v) is 3.09. The third-order valence-corrected chi connectivity index (χ3v) is 5.21. The first-order valence-corrected chi connectivity index (χ1v) is 9.79. The van der Waals surface area contributed by atoms with E-state index in [0.717, 1.165) is 28.2 Å². The van der Waals surface area contributed by atoms with Crippen molar-refractivity contribution in [2.75, 3.05) is 7.11 Å². The molecule has 0 heterocycles. The molecule has 0 aliphatic heterocycles. The summed E-state index contributed by atoms with van der Waals surface area (Å²) in [6, 6.07) is 21.0. The lowest BCUT2D eigenvalue weighted by Crippen LogP contribution is -2.21. The molecule has 0 atom stereocenters. The molecular weight excluding hydrogens is 413 g/mol. The highest BCUT2D eigenvalue weighted by molar-refractivity contribution is 7.80. The van der Waals surface area contributed by atoms with E-state index in [4.69, 9.17) is 44.9 Å². The van der Waals surface area contributed by atoms with Crippen LogP contribution in [0.15, 0.2) is 66.7 Å². The van der Waals surface area contributed by atoms with Crippen LogP contribution in [0.4, 0.5) is 0 Å². The molecule has 28 heavy (non-hydrogen) atoms. The van der Waals surface area contributed by atoms with Crippen LogP contribution in [0, 0.1) is 0 Å². The molecule has 0 unspecified atom stereocenters. The predicted octanol–water partition coefficient (Wildman–Crippen LogP) is 6.05. The van der Waals surface area contributed by atoms with Crippen LogP contribution in [-0.4, -0.2) is 12.1 Å². The zero-order chi connectivity index (χ0) is 19.9. The largest absolute Gasteiger partial charge is 0.497 e. The molecule has 0 radical (unpaired) electrons. The van der Waals surface area contributed by atoms with Crippen molar-refractivity contribution < 1.29 is 9.47 Å². The van der Waals surface area contributed by atoms with Crippen LogP contribution in [0.1, 0.15) is 16.7 Å². The van der Waals surface area contributed by atoms with E-state index in [0.29, 0.717) is 28.2 Å². The molecule has 3 aromatic carbocycles. The molecule has 0 bridgehead atoms. The Morgan fingerprint density at radius 3 is 2.39 bits per heavy atom. The summed E-state index contributed by atoms with van der Waals surface area (Å²) in [6.07, 6.45) is 0. The number of hydrogen-bond donors (Lipinski definition) is 1. The minimum Gasteiger partial charge on any atom is -0.497 e. The number of methoxy groups -OCH3 is 1. The zero-order valence-corrected chi connectivity index (χ0v) is 17.6. The van der Waals surface area contributed by atoms with Gasteiger partial charge in [0, 0.05) is 12.1 Å². The van der Waals surface area contributed by atoms with Gasteiger partial charge in [-0.25, -0.2) is 0 Å². The van der Waals surface area contributed by atoms with Crippen molar-refractivity contribution in [3.8, 4) is 11.5 Å². The molecule has 0 saturated heterocycles. The quantitative estimate of drug-likeness (QED) is 0.461. The molecule has 0 aliphatic carbocycles. The van der Waals surface area contributed by atoms with Gasteiger partial charge in [0.2, 0.25) is 0 Å². The fourth-order valence-electron chi connectivity index (χ4n) is 2.57. The van der Waals surface area contributed by atoms with Crippen LogP contribution in [0.25, 0.3) is 0 Å². The van der Waals surface area contributed by atoms with Gasteiger partial charge >= 0.3 is 0 Å². The second kappa shape index (κ2) is 9.78. The minimum absolute atomic E-state index is 0.411. The van der Waals surface area contributed by atoms with Gasteiger partial charge in [0.15, 0.2) is 0 Å². The van der Waals surface area contributed by atoms with Gasteiger partial charge in [0.05, 0.1) is 17.2 Å². The minimum atomic E-state index is 0.411. The lowest BCUT2D eigenvalue weighted by molar-refractivity contribution is 0.306. The van der Waals surface area contributed by atoms with Crippen molar-refractivity contribution in [2.24, 2.45) is 0 Å². The standard InChI is InChI=1S/C22H19Cl2NO2S/c1-26-19-4-2-3-15(11-19)13-25-22(28)17-6-8-18(9-7-17)27-14-16-5-10-20(23)21(24)12-16/h2-12H,13-14H2,1H3,(H,25,28). The van der Waals surface area contributed by atoms with Gasteiger partial charge in [-0.1, -0.05) is 53.6 Å². The number of halogens is 2. The number of nitrogens with one attached hydrogen (secondary N) is 1. The van der Waals surface area contributed by atoms with Crippen LogP contribution in [0.3, 0.4) is 0 Å². The lowest BCUT2D eigenvalue weighted by Gasteiger charge is -2.11. The highest BCUT2D eigenvalue weighted by atomic mass is 35.5. The first kappa shape index (κ1) is 20.5. The average molecular weight is 432 g/mol. The SMILES string of the molecule is COc1cccc(CNC(=S)c2ccc(OCc3ccc(Cl)c(Cl)c3)cc2)c1. The number of thiocarbonyl (C=S) groups is 1. The van der Waals surface area contributed by atoms with Crippen LogP contribution < -0.4 is 14.8 Å². The fraction of sp³-hybridized carbons (Fsp3) is 0.136. The van der Waals surface area contributed by atoms with Gasteiger partial charge in [-0.05, 0) is 59.7 Å². The Labute approximate surface area is 180 Å². The van der Waals surface area contributed by atoms with Gasteiger partial charge in [-0.15, -0.1) is 0 Å². The Hall–Kier alpha value is -2.27. The monoisotopic (exact) mass is 431 g/mol. The molecule has 6 heteroatoms. The molecule has 0 aliphatic rings. The molecule has 3 nitrogen and oxygen atoms in total. The van der Waals surface area contributed by atoms with Crippen molar-refractivity contribution >= 4 is 40.4 Å². The summed E-state index contributed by atoms with van der Waals surface area (Å²) >= 11 is 17.4. The molecule has 0 saturated carbocycles. The number of ether oxygens (including phenoxy) is 2. The van der Waals surface area contributed by atoms with Crippen molar-refractivity contribution in [1.29, 1.82) is 0 Å². The van der Waals surface area contributed by atoms with Gasteiger partial charge in [-0.3, -0.25) is 0 Å². The molecular formula is C22H19Cl2NO2S. The van der Waals surface area contributed by atoms with Crippen LogP contribution >= 0.6 is 35.4 Å². The highest BCUT2D eigenvalue weighted by Crippen LogP contribution is 2.23. The maximum atomic E-state index is 6.03. The molecule has 144 valence electrons. The van der Waals surface area contributed by atoms with Crippen molar-refractivity contribution in [3.63, 3.8) is 0 Å².